The van der Waals surface area contributed by atoms with Gasteiger partial charge in [-0.2, -0.15) is 15.5 Å². The minimum absolute atomic E-state index is 0.0276. The number of hydrogen-bond acceptors (Lipinski definition) is 6. The van der Waals surface area contributed by atoms with Gasteiger partial charge < -0.3 is 0 Å². The molecule has 0 fully saturated rings. The summed E-state index contributed by atoms with van der Waals surface area (Å²) in [5.41, 5.74) is 6.03. The van der Waals surface area contributed by atoms with Gasteiger partial charge in [0.2, 0.25) is 0 Å². The van der Waals surface area contributed by atoms with Crippen LogP contribution in [0.2, 0.25) is 0 Å². The molecular formula is C24H16N8O. The van der Waals surface area contributed by atoms with Gasteiger partial charge in [-0.3, -0.25) is 14.6 Å². The molecule has 33 heavy (non-hydrogen) atoms. The van der Waals surface area contributed by atoms with Gasteiger partial charge in [-0.25, -0.2) is 4.68 Å². The summed E-state index contributed by atoms with van der Waals surface area (Å²) in [4.78, 5) is 13.0. The number of rotatable bonds is 4. The van der Waals surface area contributed by atoms with E-state index in [4.69, 9.17) is 5.26 Å². The highest BCUT2D eigenvalue weighted by Gasteiger charge is 2.27. The fraction of sp³-hybridized carbons (Fsp3) is 0.0833. The highest BCUT2D eigenvalue weighted by Crippen LogP contribution is 2.29. The Kier molecular flexibility index (Phi) is 4.23. The van der Waals surface area contributed by atoms with Gasteiger partial charge in [0.25, 0.3) is 0 Å². The summed E-state index contributed by atoms with van der Waals surface area (Å²) < 4.78 is 3.53. The van der Waals surface area contributed by atoms with Gasteiger partial charge in [0.15, 0.2) is 5.78 Å². The average Bonchev–Trinajstić information content (AvgIpc) is 3.58. The molecule has 0 bridgehead atoms. The molecule has 0 saturated carbocycles. The summed E-state index contributed by atoms with van der Waals surface area (Å²) in [6.07, 6.45) is 5.46. The lowest BCUT2D eigenvalue weighted by Crippen LogP contribution is -2.16. The zero-order chi connectivity index (χ0) is 22.4. The monoisotopic (exact) mass is 432 g/mol. The molecule has 1 aliphatic rings. The number of carbonyl (C=O) groups is 1. The number of aromatic amines is 1. The van der Waals surface area contributed by atoms with E-state index in [1.165, 1.54) is 0 Å². The Bertz CT molecular complexity index is 1590. The summed E-state index contributed by atoms with van der Waals surface area (Å²) in [5.74, 6) is -0.0276. The molecule has 0 saturated heterocycles. The van der Waals surface area contributed by atoms with E-state index >= 15 is 0 Å². The van der Waals surface area contributed by atoms with Crippen molar-refractivity contribution < 1.29 is 4.79 Å². The Hall–Kier alpha value is -4.84. The number of benzene rings is 2. The molecule has 0 spiro atoms. The Morgan fingerprint density at radius 1 is 1.12 bits per heavy atom. The second-order valence-electron chi connectivity index (χ2n) is 7.82. The van der Waals surface area contributed by atoms with E-state index in [0.717, 1.165) is 33.5 Å². The zero-order valence-electron chi connectivity index (χ0n) is 17.3. The predicted molar refractivity (Wildman–Crippen MR) is 120 cm³/mol. The molecule has 6 rings (SSSR count). The van der Waals surface area contributed by atoms with Crippen molar-refractivity contribution in [2.24, 2.45) is 0 Å². The molecule has 0 atom stereocenters. The van der Waals surface area contributed by atoms with Crippen LogP contribution in [0.15, 0.2) is 60.9 Å². The first-order chi connectivity index (χ1) is 16.2. The van der Waals surface area contributed by atoms with Crippen LogP contribution in [0.25, 0.3) is 28.2 Å². The quantitative estimate of drug-likeness (QED) is 0.466. The van der Waals surface area contributed by atoms with Gasteiger partial charge in [0.1, 0.15) is 0 Å². The highest BCUT2D eigenvalue weighted by atomic mass is 16.1. The van der Waals surface area contributed by atoms with Crippen molar-refractivity contribution in [2.75, 3.05) is 0 Å². The second kappa shape index (κ2) is 7.39. The van der Waals surface area contributed by atoms with Crippen LogP contribution in [0.4, 0.5) is 0 Å². The maximum atomic E-state index is 13.0. The minimum atomic E-state index is -0.0276. The van der Waals surface area contributed by atoms with Crippen LogP contribution in [0.5, 0.6) is 0 Å². The van der Waals surface area contributed by atoms with Crippen molar-refractivity contribution in [2.45, 2.75) is 13.0 Å². The van der Waals surface area contributed by atoms with Crippen LogP contribution in [-0.4, -0.2) is 40.8 Å². The fourth-order valence-corrected chi connectivity index (χ4v) is 4.06. The maximum absolute atomic E-state index is 13.0. The topological polar surface area (TPSA) is 118 Å². The van der Waals surface area contributed by atoms with Crippen molar-refractivity contribution in [1.29, 1.82) is 5.26 Å². The fourth-order valence-electron chi connectivity index (χ4n) is 4.06. The number of fused-ring (bicyclic) bond motifs is 2. The van der Waals surface area contributed by atoms with Crippen molar-refractivity contribution >= 4 is 28.3 Å². The second-order valence-corrected chi connectivity index (χ2v) is 7.82. The molecular weight excluding hydrogens is 416 g/mol. The van der Waals surface area contributed by atoms with Crippen LogP contribution in [0.1, 0.15) is 28.2 Å². The number of nitrogens with zero attached hydrogens (tertiary/aromatic N) is 7. The number of Topliss-reactive ketones (excluding diaryl/α,β-unsaturated/α-hetero) is 1. The number of aromatic nitrogens is 7. The van der Waals surface area contributed by atoms with Crippen molar-refractivity contribution in [3.8, 4) is 11.8 Å². The molecule has 158 valence electrons. The zero-order valence-corrected chi connectivity index (χ0v) is 17.3. The summed E-state index contributed by atoms with van der Waals surface area (Å²) in [6.45, 7) is 0.486. The lowest BCUT2D eigenvalue weighted by atomic mass is 9.95. The largest absolute Gasteiger partial charge is 0.294 e. The van der Waals surface area contributed by atoms with E-state index in [0.29, 0.717) is 23.4 Å². The van der Waals surface area contributed by atoms with Gasteiger partial charge >= 0.3 is 0 Å². The third-order valence-corrected chi connectivity index (χ3v) is 5.77. The van der Waals surface area contributed by atoms with Crippen molar-refractivity contribution in [1.82, 2.24) is 35.0 Å². The number of nitriles is 1. The molecule has 0 radical (unpaired) electrons. The normalized spacial score (nSPS) is 13.1. The van der Waals surface area contributed by atoms with Crippen LogP contribution >= 0.6 is 0 Å². The third kappa shape index (κ3) is 3.21. The van der Waals surface area contributed by atoms with E-state index in [9.17, 15) is 4.79 Å². The number of nitrogens with one attached hydrogen (secondary N) is 1. The van der Waals surface area contributed by atoms with E-state index in [1.807, 2.05) is 42.5 Å². The Morgan fingerprint density at radius 2 is 2.00 bits per heavy atom. The van der Waals surface area contributed by atoms with Crippen LogP contribution in [0, 0.1) is 11.3 Å². The van der Waals surface area contributed by atoms with E-state index in [2.05, 4.69) is 31.7 Å². The minimum Gasteiger partial charge on any atom is -0.294 e. The summed E-state index contributed by atoms with van der Waals surface area (Å²) >= 11 is 0. The van der Waals surface area contributed by atoms with E-state index in [-0.39, 0.29) is 12.2 Å². The van der Waals surface area contributed by atoms with Gasteiger partial charge in [0, 0.05) is 17.2 Å². The predicted octanol–water partition coefficient (Wildman–Crippen LogP) is 2.93. The molecule has 1 aliphatic carbocycles. The molecule has 1 N–H and O–H groups in total. The summed E-state index contributed by atoms with van der Waals surface area (Å²) in [5, 5.41) is 30.0. The molecule has 5 aromatic rings. The smallest absolute Gasteiger partial charge is 0.171 e. The van der Waals surface area contributed by atoms with Gasteiger partial charge in [-0.1, -0.05) is 17.3 Å². The van der Waals surface area contributed by atoms with Crippen LogP contribution < -0.4 is 0 Å². The highest BCUT2D eigenvalue weighted by molar-refractivity contribution is 6.26. The first-order valence-corrected chi connectivity index (χ1v) is 10.3. The first-order valence-electron chi connectivity index (χ1n) is 10.3. The molecule has 9 heteroatoms. The molecule has 0 aliphatic heterocycles. The molecule has 9 nitrogen and oxygen atoms in total. The standard InChI is InChI=1S/C24H16N8O/c25-12-15-1-3-16(4-2-15)14-31-22(7-8-27-31)19-10-23-21(11-24(19)33)29-30-32(23)18-6-5-17-13-26-28-20(17)9-18/h1-10,13H,11,14H2,(H,26,28). The van der Waals surface area contributed by atoms with Gasteiger partial charge in [-0.05, 0) is 48.0 Å². The van der Waals surface area contributed by atoms with Crippen molar-refractivity contribution in [3.05, 3.63) is 89.1 Å². The number of ketones is 1. The molecule has 0 unspecified atom stereocenters. The number of H-pyrrole nitrogens is 1. The van der Waals surface area contributed by atoms with E-state index < -0.39 is 0 Å². The van der Waals surface area contributed by atoms with Gasteiger partial charge in [0.05, 0.1) is 59.1 Å². The average molecular weight is 432 g/mol. The number of carbonyl (C=O) groups excluding carboxylic acids is 1. The Morgan fingerprint density at radius 3 is 2.85 bits per heavy atom. The summed E-state index contributed by atoms with van der Waals surface area (Å²) in [6, 6.07) is 17.2. The SMILES string of the molecule is N#Cc1ccc(Cn2nccc2C2=Cc3c(nnn3-c3ccc4cn[nH]c4c3)CC2=O)cc1. The Labute approximate surface area is 187 Å². The molecule has 3 aromatic heterocycles. The molecule has 0 amide bonds. The van der Waals surface area contributed by atoms with Crippen molar-refractivity contribution in [3.63, 3.8) is 0 Å². The third-order valence-electron chi connectivity index (χ3n) is 5.77. The summed E-state index contributed by atoms with van der Waals surface area (Å²) in [7, 11) is 0. The first kappa shape index (κ1) is 18.9. The van der Waals surface area contributed by atoms with Crippen LogP contribution in [0.3, 0.4) is 0 Å². The van der Waals surface area contributed by atoms with Crippen LogP contribution in [-0.2, 0) is 17.8 Å². The molecule has 2 aromatic carbocycles. The maximum Gasteiger partial charge on any atom is 0.171 e. The number of hydrogen-bond donors (Lipinski definition) is 1. The molecule has 3 heterocycles. The Balaban J connectivity index is 1.39. The van der Waals surface area contributed by atoms with Gasteiger partial charge in [-0.15, -0.1) is 5.10 Å². The number of allylic oxidation sites excluding steroid dienone is 1. The lowest BCUT2D eigenvalue weighted by Gasteiger charge is -2.15. The van der Waals surface area contributed by atoms with E-state index in [1.54, 1.807) is 33.9 Å². The lowest BCUT2D eigenvalue weighted by molar-refractivity contribution is -0.113.